The van der Waals surface area contributed by atoms with Crippen molar-refractivity contribution in [2.24, 2.45) is 0 Å². The Morgan fingerprint density at radius 2 is 1.73 bits per heavy atom. The molecular weight excluding hydrogens is 400 g/mol. The number of amides is 1. The first kappa shape index (κ1) is 20.4. The maximum atomic E-state index is 12.9. The van der Waals surface area contributed by atoms with Gasteiger partial charge in [0, 0.05) is 19.6 Å². The third kappa shape index (κ3) is 4.04. The van der Waals surface area contributed by atoms with E-state index in [2.05, 4.69) is 5.32 Å². The Morgan fingerprint density at radius 1 is 1.00 bits per heavy atom. The Hall–Kier alpha value is -2.90. The van der Waals surface area contributed by atoms with Gasteiger partial charge in [-0.15, -0.1) is 0 Å². The van der Waals surface area contributed by atoms with Crippen molar-refractivity contribution in [3.05, 3.63) is 71.8 Å². The third-order valence-electron chi connectivity index (χ3n) is 5.39. The van der Waals surface area contributed by atoms with Gasteiger partial charge in [0.15, 0.2) is 0 Å². The Bertz CT molecular complexity index is 1180. The molecule has 1 heterocycles. The van der Waals surface area contributed by atoms with Crippen molar-refractivity contribution in [1.29, 1.82) is 0 Å². The summed E-state index contributed by atoms with van der Waals surface area (Å²) in [7, 11) is -2.15. The summed E-state index contributed by atoms with van der Waals surface area (Å²) in [6, 6.07) is 18.5. The number of sulfonamides is 1. The molecule has 1 fully saturated rings. The maximum absolute atomic E-state index is 12.9. The maximum Gasteiger partial charge on any atom is 0.255 e. The van der Waals surface area contributed by atoms with Gasteiger partial charge in [0.1, 0.15) is 5.75 Å². The normalized spacial score (nSPS) is 14.7. The average Bonchev–Trinajstić information content (AvgIpc) is 3.33. The van der Waals surface area contributed by atoms with Crippen molar-refractivity contribution in [3.63, 3.8) is 0 Å². The molecule has 4 rings (SSSR count). The molecule has 7 heteroatoms. The zero-order chi connectivity index (χ0) is 21.1. The number of methoxy groups -OCH3 is 1. The number of hydrogen-bond donors (Lipinski definition) is 1. The van der Waals surface area contributed by atoms with Crippen molar-refractivity contribution in [2.75, 3.05) is 20.2 Å². The van der Waals surface area contributed by atoms with Gasteiger partial charge in [-0.3, -0.25) is 4.79 Å². The van der Waals surface area contributed by atoms with E-state index in [4.69, 9.17) is 4.74 Å². The van der Waals surface area contributed by atoms with Crippen molar-refractivity contribution in [2.45, 2.75) is 24.3 Å². The zero-order valence-corrected chi connectivity index (χ0v) is 17.6. The number of ether oxygens (including phenoxy) is 1. The van der Waals surface area contributed by atoms with Crippen molar-refractivity contribution in [1.82, 2.24) is 9.62 Å². The van der Waals surface area contributed by atoms with E-state index in [1.807, 2.05) is 42.5 Å². The quantitative estimate of drug-likeness (QED) is 0.657. The second-order valence-corrected chi connectivity index (χ2v) is 9.28. The summed E-state index contributed by atoms with van der Waals surface area (Å²) in [5, 5.41) is 5.11. The van der Waals surface area contributed by atoms with E-state index in [0.29, 0.717) is 25.4 Å². The van der Waals surface area contributed by atoms with Crippen LogP contribution in [0.15, 0.2) is 65.6 Å². The third-order valence-corrected chi connectivity index (χ3v) is 7.28. The monoisotopic (exact) mass is 424 g/mol. The van der Waals surface area contributed by atoms with E-state index in [1.165, 1.54) is 29.6 Å². The molecule has 1 N–H and O–H groups in total. The molecule has 1 saturated heterocycles. The second-order valence-electron chi connectivity index (χ2n) is 7.34. The molecule has 0 radical (unpaired) electrons. The van der Waals surface area contributed by atoms with Crippen LogP contribution in [0.4, 0.5) is 0 Å². The average molecular weight is 425 g/mol. The van der Waals surface area contributed by atoms with Gasteiger partial charge < -0.3 is 10.1 Å². The lowest BCUT2D eigenvalue weighted by Gasteiger charge is -2.17. The topological polar surface area (TPSA) is 75.7 Å². The molecular formula is C23H24N2O4S. The summed E-state index contributed by atoms with van der Waals surface area (Å²) in [5.74, 6) is -0.0372. The largest absolute Gasteiger partial charge is 0.496 e. The molecule has 1 aliphatic heterocycles. The number of carbonyl (C=O) groups is 1. The molecule has 3 aromatic carbocycles. The molecule has 0 bridgehead atoms. The van der Waals surface area contributed by atoms with Gasteiger partial charge in [0.2, 0.25) is 10.0 Å². The molecule has 0 spiro atoms. The highest BCUT2D eigenvalue weighted by molar-refractivity contribution is 7.89. The van der Waals surface area contributed by atoms with E-state index in [0.717, 1.165) is 29.2 Å². The molecule has 30 heavy (non-hydrogen) atoms. The van der Waals surface area contributed by atoms with E-state index < -0.39 is 10.0 Å². The minimum atomic E-state index is -3.61. The number of fused-ring (bicyclic) bond motifs is 1. The van der Waals surface area contributed by atoms with Crippen LogP contribution in [0, 0.1) is 0 Å². The fourth-order valence-electron chi connectivity index (χ4n) is 3.73. The Kier molecular flexibility index (Phi) is 5.74. The Balaban J connectivity index is 1.56. The van der Waals surface area contributed by atoms with Crippen LogP contribution in [0.1, 0.15) is 28.8 Å². The summed E-state index contributed by atoms with van der Waals surface area (Å²) in [6.45, 7) is 1.35. The molecule has 156 valence electrons. The van der Waals surface area contributed by atoms with Crippen molar-refractivity contribution in [3.8, 4) is 5.75 Å². The van der Waals surface area contributed by atoms with Gasteiger partial charge in [-0.2, -0.15) is 4.31 Å². The van der Waals surface area contributed by atoms with E-state index in [9.17, 15) is 13.2 Å². The lowest BCUT2D eigenvalue weighted by atomic mass is 10.1. The molecule has 0 unspecified atom stereocenters. The lowest BCUT2D eigenvalue weighted by Crippen LogP contribution is -2.28. The van der Waals surface area contributed by atoms with Crippen LogP contribution in [0.2, 0.25) is 0 Å². The first-order valence-corrected chi connectivity index (χ1v) is 11.4. The fourth-order valence-corrected chi connectivity index (χ4v) is 5.27. The minimum absolute atomic E-state index is 0.112. The van der Waals surface area contributed by atoms with Crippen LogP contribution < -0.4 is 10.1 Å². The molecule has 0 aromatic heterocycles. The molecule has 1 amide bonds. The van der Waals surface area contributed by atoms with Crippen LogP contribution in [-0.4, -0.2) is 38.8 Å². The smallest absolute Gasteiger partial charge is 0.255 e. The number of benzene rings is 3. The van der Waals surface area contributed by atoms with Crippen molar-refractivity contribution < 1.29 is 17.9 Å². The minimum Gasteiger partial charge on any atom is -0.496 e. The van der Waals surface area contributed by atoms with Gasteiger partial charge in [0.05, 0.1) is 17.6 Å². The Morgan fingerprint density at radius 3 is 2.47 bits per heavy atom. The van der Waals surface area contributed by atoms with Gasteiger partial charge in [-0.05, 0) is 53.4 Å². The Labute approximate surface area is 176 Å². The first-order chi connectivity index (χ1) is 14.5. The van der Waals surface area contributed by atoms with E-state index in [1.54, 1.807) is 0 Å². The number of carbonyl (C=O) groups excluding carboxylic acids is 1. The highest BCUT2D eigenvalue weighted by atomic mass is 32.2. The number of rotatable bonds is 6. The second kappa shape index (κ2) is 8.45. The molecule has 6 nitrogen and oxygen atoms in total. The van der Waals surface area contributed by atoms with E-state index >= 15 is 0 Å². The van der Waals surface area contributed by atoms with Crippen LogP contribution >= 0.6 is 0 Å². The van der Waals surface area contributed by atoms with Gasteiger partial charge in [-0.1, -0.05) is 36.4 Å². The van der Waals surface area contributed by atoms with Gasteiger partial charge in [0.25, 0.3) is 5.91 Å². The number of nitrogens with one attached hydrogen (secondary N) is 1. The van der Waals surface area contributed by atoms with E-state index in [-0.39, 0.29) is 16.4 Å². The summed E-state index contributed by atoms with van der Waals surface area (Å²) >= 11 is 0. The number of hydrogen-bond acceptors (Lipinski definition) is 4. The highest BCUT2D eigenvalue weighted by Gasteiger charge is 2.28. The lowest BCUT2D eigenvalue weighted by molar-refractivity contribution is 0.0947. The molecule has 0 saturated carbocycles. The predicted octanol–water partition coefficient (Wildman–Crippen LogP) is 3.56. The van der Waals surface area contributed by atoms with Crippen LogP contribution in [0.25, 0.3) is 10.8 Å². The summed E-state index contributed by atoms with van der Waals surface area (Å²) in [4.78, 5) is 13.0. The number of nitrogens with zero attached hydrogens (tertiary/aromatic N) is 1. The molecule has 0 aliphatic carbocycles. The van der Waals surface area contributed by atoms with Crippen LogP contribution in [0.5, 0.6) is 5.75 Å². The van der Waals surface area contributed by atoms with Gasteiger partial charge >= 0.3 is 0 Å². The van der Waals surface area contributed by atoms with Gasteiger partial charge in [-0.25, -0.2) is 8.42 Å². The SMILES string of the molecule is COc1ccc(S(=O)(=O)N2CCCC2)cc1C(=O)NCc1ccc2ccccc2c1. The zero-order valence-electron chi connectivity index (χ0n) is 16.8. The highest BCUT2D eigenvalue weighted by Crippen LogP contribution is 2.26. The van der Waals surface area contributed by atoms with Crippen molar-refractivity contribution >= 4 is 26.7 Å². The first-order valence-electron chi connectivity index (χ1n) is 9.93. The molecule has 3 aromatic rings. The summed E-state index contributed by atoms with van der Waals surface area (Å²) in [6.07, 6.45) is 1.71. The summed E-state index contributed by atoms with van der Waals surface area (Å²) < 4.78 is 32.5. The van der Waals surface area contributed by atoms with Crippen LogP contribution in [-0.2, 0) is 16.6 Å². The fraction of sp³-hybridized carbons (Fsp3) is 0.261. The molecule has 1 aliphatic rings. The summed E-state index contributed by atoms with van der Waals surface area (Å²) in [5.41, 5.74) is 1.17. The van der Waals surface area contributed by atoms with Crippen LogP contribution in [0.3, 0.4) is 0 Å². The predicted molar refractivity (Wildman–Crippen MR) is 116 cm³/mol. The standard InChI is InChI=1S/C23H24N2O4S/c1-29-22-11-10-20(30(27,28)25-12-4-5-13-25)15-21(22)23(26)24-16-17-8-9-18-6-2-3-7-19(18)14-17/h2-3,6-11,14-15H,4-5,12-13,16H2,1H3,(H,24,26). The molecule has 0 atom stereocenters.